The second-order valence-corrected chi connectivity index (χ2v) is 2.42. The van der Waals surface area contributed by atoms with Crippen LogP contribution in [-0.2, 0) is 0 Å². The molecule has 1 rings (SSSR count). The number of aromatic hydroxyl groups is 1. The topological polar surface area (TPSA) is 89.7 Å². The maximum absolute atomic E-state index is 10.5. The maximum Gasteiger partial charge on any atom is 1.00 e. The number of hydrogen-bond acceptors (Lipinski definition) is 5. The Hall–Kier alpha value is -0.474. The zero-order valence-corrected chi connectivity index (χ0v) is 11.4. The van der Waals surface area contributed by atoms with E-state index in [0.29, 0.717) is 0 Å². The van der Waals surface area contributed by atoms with Crippen LogP contribution in [0.3, 0.4) is 0 Å². The first kappa shape index (κ1) is 14.5. The van der Waals surface area contributed by atoms with Crippen molar-refractivity contribution in [3.8, 4) is 11.5 Å². The third-order valence-electron chi connectivity index (χ3n) is 1.69. The molecule has 1 N–H and O–H groups in total. The fraction of sp³-hybridized carbons (Fsp3) is 0.125. The summed E-state index contributed by atoms with van der Waals surface area (Å²) in [6.07, 6.45) is 0.218. The van der Waals surface area contributed by atoms with Gasteiger partial charge in [0.25, 0.3) is 5.69 Å². The predicted molar refractivity (Wildman–Crippen MR) is 47.8 cm³/mol. The Labute approximate surface area is 129 Å². The first-order chi connectivity index (χ1) is 6.61. The van der Waals surface area contributed by atoms with Crippen molar-refractivity contribution >= 4 is 12.0 Å². The Morgan fingerprint density at radius 2 is 2.20 bits per heavy atom. The molecule has 1 aromatic rings. The molecular formula is C8H8KNO5. The van der Waals surface area contributed by atoms with Crippen molar-refractivity contribution in [2.45, 2.75) is 0 Å². The third kappa shape index (κ3) is 2.99. The van der Waals surface area contributed by atoms with Crippen molar-refractivity contribution in [3.63, 3.8) is 0 Å². The number of carbonyl (C=O) groups is 1. The molecule has 6 nitrogen and oxygen atoms in total. The fourth-order valence-corrected chi connectivity index (χ4v) is 1.02. The molecule has 0 atom stereocenters. The van der Waals surface area contributed by atoms with Gasteiger partial charge < -0.3 is 11.3 Å². The van der Waals surface area contributed by atoms with E-state index in [1.165, 1.54) is 13.2 Å². The van der Waals surface area contributed by atoms with E-state index in [1.807, 2.05) is 0 Å². The molecule has 15 heavy (non-hydrogen) atoms. The molecule has 0 aliphatic carbocycles. The van der Waals surface area contributed by atoms with Gasteiger partial charge in [0.2, 0.25) is 0 Å². The Bertz CT molecular complexity index is 398. The monoisotopic (exact) mass is 237 g/mol. The smallest absolute Gasteiger partial charge is 1.00 e. The fourth-order valence-electron chi connectivity index (χ4n) is 1.02. The van der Waals surface area contributed by atoms with E-state index in [-0.39, 0.29) is 70.4 Å². The molecule has 0 fully saturated rings. The second kappa shape index (κ2) is 6.18. The third-order valence-corrected chi connectivity index (χ3v) is 1.69. The SMILES string of the molecule is COc1ccc([N+](=O)[O-])c(C=O)c1O.[H-].[K+]. The summed E-state index contributed by atoms with van der Waals surface area (Å²) < 4.78 is 4.69. The molecule has 0 unspecified atom stereocenters. The summed E-state index contributed by atoms with van der Waals surface area (Å²) >= 11 is 0. The zero-order valence-electron chi connectivity index (χ0n) is 9.26. The number of nitro benzene ring substituents is 1. The first-order valence-electron chi connectivity index (χ1n) is 3.61. The van der Waals surface area contributed by atoms with Crippen LogP contribution in [0.4, 0.5) is 5.69 Å². The number of phenols is 1. The van der Waals surface area contributed by atoms with Gasteiger partial charge >= 0.3 is 51.4 Å². The van der Waals surface area contributed by atoms with Crippen molar-refractivity contribution < 1.29 is 72.4 Å². The minimum absolute atomic E-state index is 0. The number of hydrogen-bond donors (Lipinski definition) is 1. The molecule has 0 bridgehead atoms. The van der Waals surface area contributed by atoms with Gasteiger partial charge in [0.1, 0.15) is 5.56 Å². The molecule has 7 heteroatoms. The van der Waals surface area contributed by atoms with E-state index in [9.17, 15) is 20.0 Å². The van der Waals surface area contributed by atoms with Gasteiger partial charge in [-0.25, -0.2) is 0 Å². The van der Waals surface area contributed by atoms with E-state index < -0.39 is 16.4 Å². The Morgan fingerprint density at radius 3 is 2.60 bits per heavy atom. The molecule has 1 aromatic carbocycles. The van der Waals surface area contributed by atoms with Crippen LogP contribution in [0.5, 0.6) is 11.5 Å². The van der Waals surface area contributed by atoms with E-state index in [2.05, 4.69) is 0 Å². The standard InChI is InChI=1S/C8H7NO5.K.H/c1-14-7-3-2-6(9(12)13)5(4-10)8(7)11;;/h2-4,11H,1H3;;/q;+1;-1. The van der Waals surface area contributed by atoms with Gasteiger partial charge in [-0.2, -0.15) is 0 Å². The van der Waals surface area contributed by atoms with Crippen LogP contribution < -0.4 is 56.1 Å². The van der Waals surface area contributed by atoms with Crippen molar-refractivity contribution in [1.82, 2.24) is 0 Å². The number of methoxy groups -OCH3 is 1. The van der Waals surface area contributed by atoms with Gasteiger partial charge in [0.05, 0.1) is 12.0 Å². The van der Waals surface area contributed by atoms with Crippen LogP contribution in [0.15, 0.2) is 12.1 Å². The number of benzene rings is 1. The molecule has 0 saturated carbocycles. The summed E-state index contributed by atoms with van der Waals surface area (Å²) in [6, 6.07) is 2.32. The summed E-state index contributed by atoms with van der Waals surface area (Å²) in [5, 5.41) is 19.8. The average molecular weight is 237 g/mol. The number of rotatable bonds is 3. The van der Waals surface area contributed by atoms with Gasteiger partial charge in [-0.15, -0.1) is 0 Å². The number of aldehydes is 1. The Balaban J connectivity index is 0. The predicted octanol–water partition coefficient (Wildman–Crippen LogP) is -1.76. The van der Waals surface area contributed by atoms with E-state index in [4.69, 9.17) is 4.74 Å². The van der Waals surface area contributed by atoms with E-state index in [0.717, 1.165) is 6.07 Å². The number of phenolic OH excluding ortho intramolecular Hbond substituents is 1. The molecule has 0 radical (unpaired) electrons. The number of nitro groups is 1. The first-order valence-corrected chi connectivity index (χ1v) is 3.61. The molecule has 76 valence electrons. The molecule has 0 aliphatic rings. The minimum atomic E-state index is -0.747. The van der Waals surface area contributed by atoms with Gasteiger partial charge in [0, 0.05) is 6.07 Å². The Morgan fingerprint density at radius 1 is 1.60 bits per heavy atom. The normalized spacial score (nSPS) is 8.87. The molecule has 0 spiro atoms. The van der Waals surface area contributed by atoms with Crippen molar-refractivity contribution in [1.29, 1.82) is 0 Å². The van der Waals surface area contributed by atoms with Crippen molar-refractivity contribution in [3.05, 3.63) is 27.8 Å². The molecule has 0 amide bonds. The summed E-state index contributed by atoms with van der Waals surface area (Å²) in [6.45, 7) is 0. The number of carbonyl (C=O) groups excluding carboxylic acids is 1. The molecular weight excluding hydrogens is 229 g/mol. The maximum atomic E-state index is 10.5. The van der Waals surface area contributed by atoms with Crippen LogP contribution in [0.25, 0.3) is 0 Å². The van der Waals surface area contributed by atoms with Crippen LogP contribution in [0.1, 0.15) is 11.8 Å². The minimum Gasteiger partial charge on any atom is -1.00 e. The summed E-state index contributed by atoms with van der Waals surface area (Å²) in [4.78, 5) is 20.2. The van der Waals surface area contributed by atoms with Gasteiger partial charge in [-0.3, -0.25) is 14.9 Å². The molecule has 0 aromatic heterocycles. The summed E-state index contributed by atoms with van der Waals surface area (Å²) in [5.41, 5.74) is -0.826. The van der Waals surface area contributed by atoms with Crippen LogP contribution in [-0.4, -0.2) is 23.4 Å². The molecule has 0 aliphatic heterocycles. The summed E-state index contributed by atoms with van der Waals surface area (Å²) in [5.74, 6) is -0.491. The average Bonchev–Trinajstić information content (AvgIpc) is 2.17. The van der Waals surface area contributed by atoms with Crippen LogP contribution >= 0.6 is 0 Å². The van der Waals surface area contributed by atoms with Gasteiger partial charge in [-0.05, 0) is 6.07 Å². The second-order valence-electron chi connectivity index (χ2n) is 2.42. The quantitative estimate of drug-likeness (QED) is 0.291. The van der Waals surface area contributed by atoms with Crippen LogP contribution in [0, 0.1) is 10.1 Å². The number of nitrogens with zero attached hydrogens (tertiary/aromatic N) is 1. The largest absolute Gasteiger partial charge is 1.00 e. The zero-order chi connectivity index (χ0) is 10.7. The van der Waals surface area contributed by atoms with Crippen LogP contribution in [0.2, 0.25) is 0 Å². The van der Waals surface area contributed by atoms with E-state index >= 15 is 0 Å². The molecule has 0 heterocycles. The molecule has 0 saturated heterocycles. The number of ether oxygens (including phenoxy) is 1. The summed E-state index contributed by atoms with van der Waals surface area (Å²) in [7, 11) is 1.29. The van der Waals surface area contributed by atoms with E-state index in [1.54, 1.807) is 0 Å². The Kier molecular flexibility index (Phi) is 5.99. The van der Waals surface area contributed by atoms with Gasteiger partial charge in [-0.1, -0.05) is 0 Å². The van der Waals surface area contributed by atoms with Crippen molar-refractivity contribution in [2.75, 3.05) is 7.11 Å². The van der Waals surface area contributed by atoms with Gasteiger partial charge in [0.15, 0.2) is 17.8 Å². The van der Waals surface area contributed by atoms with Crippen molar-refractivity contribution in [2.24, 2.45) is 0 Å².